The van der Waals surface area contributed by atoms with Gasteiger partial charge in [-0.3, -0.25) is 0 Å². The zero-order valence-electron chi connectivity index (χ0n) is 16.1. The molecule has 5 nitrogen and oxygen atoms in total. The summed E-state index contributed by atoms with van der Waals surface area (Å²) in [6, 6.07) is 12.8. The second kappa shape index (κ2) is 9.65. The van der Waals surface area contributed by atoms with Gasteiger partial charge in [-0.05, 0) is 50.5 Å². The van der Waals surface area contributed by atoms with Crippen molar-refractivity contribution in [3.05, 3.63) is 53.7 Å². The Morgan fingerprint density at radius 2 is 1.81 bits per heavy atom. The Morgan fingerprint density at radius 1 is 1.11 bits per heavy atom. The maximum absolute atomic E-state index is 12.1. The van der Waals surface area contributed by atoms with Gasteiger partial charge in [-0.2, -0.15) is 0 Å². The lowest BCUT2D eigenvalue weighted by Gasteiger charge is -2.33. The molecular formula is C21H28N4OS. The fraction of sp³-hybridized carbons (Fsp3) is 0.429. The van der Waals surface area contributed by atoms with Crippen molar-refractivity contribution >= 4 is 23.6 Å². The number of nitrogens with zero attached hydrogens (tertiary/aromatic N) is 2. The number of rotatable bonds is 6. The van der Waals surface area contributed by atoms with Crippen LogP contribution >= 0.6 is 11.8 Å². The number of amides is 2. The number of nitrogens with one attached hydrogen (secondary N) is 2. The van der Waals surface area contributed by atoms with Gasteiger partial charge in [-0.15, -0.1) is 11.8 Å². The molecule has 1 aromatic heterocycles. The first-order valence-electron chi connectivity index (χ1n) is 9.51. The van der Waals surface area contributed by atoms with E-state index in [1.54, 1.807) is 11.8 Å². The number of pyridine rings is 1. The molecule has 0 unspecified atom stereocenters. The minimum absolute atomic E-state index is 0.0635. The third-order valence-electron chi connectivity index (χ3n) is 4.73. The summed E-state index contributed by atoms with van der Waals surface area (Å²) in [4.78, 5) is 20.1. The normalized spacial score (nSPS) is 14.8. The van der Waals surface area contributed by atoms with E-state index in [9.17, 15) is 4.79 Å². The van der Waals surface area contributed by atoms with E-state index in [0.717, 1.165) is 37.5 Å². The summed E-state index contributed by atoms with van der Waals surface area (Å²) in [7, 11) is 0. The van der Waals surface area contributed by atoms with E-state index in [1.807, 2.05) is 13.1 Å². The van der Waals surface area contributed by atoms with Crippen LogP contribution in [0.25, 0.3) is 0 Å². The summed E-state index contributed by atoms with van der Waals surface area (Å²) in [5.41, 5.74) is 2.44. The highest BCUT2D eigenvalue weighted by atomic mass is 32.2. The van der Waals surface area contributed by atoms with E-state index < -0.39 is 0 Å². The average Bonchev–Trinajstić information content (AvgIpc) is 2.68. The van der Waals surface area contributed by atoms with Crippen LogP contribution in [0.1, 0.15) is 24.0 Å². The van der Waals surface area contributed by atoms with E-state index >= 15 is 0 Å². The third-order valence-corrected chi connectivity index (χ3v) is 5.74. The van der Waals surface area contributed by atoms with Gasteiger partial charge < -0.3 is 15.5 Å². The van der Waals surface area contributed by atoms with Gasteiger partial charge >= 0.3 is 6.03 Å². The predicted molar refractivity (Wildman–Crippen MR) is 113 cm³/mol. The monoisotopic (exact) mass is 384 g/mol. The average molecular weight is 385 g/mol. The van der Waals surface area contributed by atoms with Gasteiger partial charge in [-0.25, -0.2) is 9.78 Å². The van der Waals surface area contributed by atoms with Crippen molar-refractivity contribution < 1.29 is 4.79 Å². The number of thioether (sulfide) groups is 1. The smallest absolute Gasteiger partial charge is 0.315 e. The minimum Gasteiger partial charge on any atom is -0.356 e. The molecule has 1 aliphatic heterocycles. The lowest BCUT2D eigenvalue weighted by Crippen LogP contribution is -2.48. The highest BCUT2D eigenvalue weighted by Gasteiger charge is 2.21. The second-order valence-electron chi connectivity index (χ2n) is 7.02. The number of hydrogen-bond donors (Lipinski definition) is 2. The topological polar surface area (TPSA) is 57.3 Å². The molecule has 3 rings (SSSR count). The molecule has 1 aliphatic rings. The van der Waals surface area contributed by atoms with Crippen LogP contribution in [-0.2, 0) is 0 Å². The van der Waals surface area contributed by atoms with Crippen LogP contribution in [0.5, 0.6) is 0 Å². The molecule has 6 heteroatoms. The van der Waals surface area contributed by atoms with Gasteiger partial charge in [0.15, 0.2) is 0 Å². The summed E-state index contributed by atoms with van der Waals surface area (Å²) in [6.45, 7) is 6.64. The zero-order valence-corrected chi connectivity index (χ0v) is 16.9. The molecule has 0 aliphatic carbocycles. The minimum atomic E-state index is -0.0635. The lowest BCUT2D eigenvalue weighted by molar-refractivity contribution is 0.235. The standard InChI is InChI=1S/C21H28N4OS/c1-16-3-6-19(7-4-16)27-14-11-22-21(26)24-18-9-12-25(13-10-18)20-8-5-17(2)15-23-20/h3-8,15,18H,9-14H2,1-2H3,(H2,22,24,26). The van der Waals surface area contributed by atoms with Gasteiger partial charge in [0, 0.05) is 42.5 Å². The molecule has 2 N–H and O–H groups in total. The van der Waals surface area contributed by atoms with Gasteiger partial charge in [0.05, 0.1) is 0 Å². The third kappa shape index (κ3) is 6.17. The van der Waals surface area contributed by atoms with Crippen LogP contribution in [0.15, 0.2) is 47.5 Å². The highest BCUT2D eigenvalue weighted by molar-refractivity contribution is 7.99. The lowest BCUT2D eigenvalue weighted by atomic mass is 10.1. The van der Waals surface area contributed by atoms with E-state index in [2.05, 4.69) is 63.8 Å². The molecule has 1 aromatic carbocycles. The molecule has 0 radical (unpaired) electrons. The van der Waals surface area contributed by atoms with Gasteiger partial charge in [0.25, 0.3) is 0 Å². The number of aryl methyl sites for hydroxylation is 2. The molecular weight excluding hydrogens is 356 g/mol. The molecule has 1 fully saturated rings. The van der Waals surface area contributed by atoms with E-state index in [1.165, 1.54) is 16.0 Å². The number of anilines is 1. The first kappa shape index (κ1) is 19.5. The van der Waals surface area contributed by atoms with Crippen LogP contribution in [0.2, 0.25) is 0 Å². The Morgan fingerprint density at radius 3 is 2.48 bits per heavy atom. The summed E-state index contributed by atoms with van der Waals surface area (Å²) in [6.07, 6.45) is 3.80. The van der Waals surface area contributed by atoms with Crippen molar-refractivity contribution in [1.29, 1.82) is 0 Å². The number of urea groups is 1. The van der Waals surface area contributed by atoms with E-state index in [-0.39, 0.29) is 12.1 Å². The van der Waals surface area contributed by atoms with E-state index in [0.29, 0.717) is 6.54 Å². The van der Waals surface area contributed by atoms with Crippen LogP contribution in [0.3, 0.4) is 0 Å². The van der Waals surface area contributed by atoms with Crippen molar-refractivity contribution in [3.8, 4) is 0 Å². The molecule has 0 spiro atoms. The Bertz CT molecular complexity index is 725. The molecule has 0 atom stereocenters. The SMILES string of the molecule is Cc1ccc(SCCNC(=O)NC2CCN(c3ccc(C)cn3)CC2)cc1. The Hall–Kier alpha value is -2.21. The van der Waals surface area contributed by atoms with Crippen molar-refractivity contribution in [2.75, 3.05) is 30.3 Å². The molecule has 27 heavy (non-hydrogen) atoms. The predicted octanol–water partition coefficient (Wildman–Crippen LogP) is 3.76. The van der Waals surface area contributed by atoms with E-state index in [4.69, 9.17) is 0 Å². The van der Waals surface area contributed by atoms with Gasteiger partial charge in [0.1, 0.15) is 5.82 Å². The molecule has 2 aromatic rings. The first-order chi connectivity index (χ1) is 13.1. The molecule has 0 bridgehead atoms. The first-order valence-corrected chi connectivity index (χ1v) is 10.5. The Labute approximate surface area is 165 Å². The number of piperidine rings is 1. The maximum Gasteiger partial charge on any atom is 0.315 e. The molecule has 2 heterocycles. The molecule has 144 valence electrons. The number of benzene rings is 1. The van der Waals surface area contributed by atoms with Gasteiger partial charge in [-0.1, -0.05) is 23.8 Å². The van der Waals surface area contributed by atoms with Crippen molar-refractivity contribution in [3.63, 3.8) is 0 Å². The number of hydrogen-bond acceptors (Lipinski definition) is 4. The fourth-order valence-electron chi connectivity index (χ4n) is 3.10. The van der Waals surface area contributed by atoms with Crippen LogP contribution in [-0.4, -0.2) is 42.4 Å². The molecule has 2 amide bonds. The second-order valence-corrected chi connectivity index (χ2v) is 8.19. The number of carbonyl (C=O) groups excluding carboxylic acids is 1. The highest BCUT2D eigenvalue weighted by Crippen LogP contribution is 2.18. The largest absolute Gasteiger partial charge is 0.356 e. The summed E-state index contributed by atoms with van der Waals surface area (Å²) in [5.74, 6) is 1.89. The number of carbonyl (C=O) groups is 1. The summed E-state index contributed by atoms with van der Waals surface area (Å²) >= 11 is 1.76. The molecule has 0 saturated carbocycles. The number of aromatic nitrogens is 1. The van der Waals surface area contributed by atoms with Crippen LogP contribution in [0.4, 0.5) is 10.6 Å². The van der Waals surface area contributed by atoms with Gasteiger partial charge in [0.2, 0.25) is 0 Å². The summed E-state index contributed by atoms with van der Waals surface area (Å²) in [5, 5.41) is 6.06. The van der Waals surface area contributed by atoms with Crippen molar-refractivity contribution in [2.24, 2.45) is 0 Å². The van der Waals surface area contributed by atoms with Crippen molar-refractivity contribution in [2.45, 2.75) is 37.6 Å². The fourth-order valence-corrected chi connectivity index (χ4v) is 3.87. The van der Waals surface area contributed by atoms with Crippen molar-refractivity contribution in [1.82, 2.24) is 15.6 Å². The summed E-state index contributed by atoms with van der Waals surface area (Å²) < 4.78 is 0. The van der Waals surface area contributed by atoms with Crippen LogP contribution < -0.4 is 15.5 Å². The van der Waals surface area contributed by atoms with Crippen LogP contribution in [0, 0.1) is 13.8 Å². The zero-order chi connectivity index (χ0) is 19.1. The maximum atomic E-state index is 12.1. The molecule has 1 saturated heterocycles. The Kier molecular flexibility index (Phi) is 6.98. The Balaban J connectivity index is 1.32. The quantitative estimate of drug-likeness (QED) is 0.588.